The van der Waals surface area contributed by atoms with Gasteiger partial charge in [-0.3, -0.25) is 14.4 Å². The molecule has 1 amide bonds. The number of carbonyl (C=O) groups is 3. The van der Waals surface area contributed by atoms with E-state index < -0.39 is 0 Å². The molecule has 0 bridgehead atoms. The van der Waals surface area contributed by atoms with E-state index in [0.29, 0.717) is 64.4 Å². The summed E-state index contributed by atoms with van der Waals surface area (Å²) < 4.78 is 10.3. The predicted octanol–water partition coefficient (Wildman–Crippen LogP) is 1.04. The fourth-order valence-corrected chi connectivity index (χ4v) is 3.74. The van der Waals surface area contributed by atoms with Crippen molar-refractivity contribution < 1.29 is 23.9 Å². The van der Waals surface area contributed by atoms with Crippen LogP contribution in [-0.4, -0.2) is 72.1 Å². The SMILES string of the molecule is CCOC(=O)C1CCN(C(=O)COC(=O)C2CCN(c3ncccn3)CC2)CC1. The topological polar surface area (TPSA) is 102 Å². The van der Waals surface area contributed by atoms with Crippen molar-refractivity contribution in [3.63, 3.8) is 0 Å². The van der Waals surface area contributed by atoms with Crippen molar-refractivity contribution in [2.45, 2.75) is 32.6 Å². The van der Waals surface area contributed by atoms with E-state index in [1.807, 2.05) is 4.90 Å². The minimum atomic E-state index is -0.326. The van der Waals surface area contributed by atoms with E-state index >= 15 is 0 Å². The van der Waals surface area contributed by atoms with Crippen molar-refractivity contribution in [2.24, 2.45) is 11.8 Å². The molecule has 3 rings (SSSR count). The summed E-state index contributed by atoms with van der Waals surface area (Å²) in [6, 6.07) is 1.77. The molecule has 0 radical (unpaired) electrons. The number of hydrogen-bond donors (Lipinski definition) is 0. The zero-order valence-corrected chi connectivity index (χ0v) is 16.8. The quantitative estimate of drug-likeness (QED) is 0.648. The second-order valence-electron chi connectivity index (χ2n) is 7.32. The van der Waals surface area contributed by atoms with Gasteiger partial charge in [-0.25, -0.2) is 9.97 Å². The smallest absolute Gasteiger partial charge is 0.309 e. The van der Waals surface area contributed by atoms with Crippen LogP contribution in [0.3, 0.4) is 0 Å². The molecule has 1 aromatic rings. The van der Waals surface area contributed by atoms with Gasteiger partial charge < -0.3 is 19.3 Å². The Labute approximate surface area is 170 Å². The zero-order valence-electron chi connectivity index (χ0n) is 16.8. The molecule has 0 saturated carbocycles. The second-order valence-corrected chi connectivity index (χ2v) is 7.32. The Bertz CT molecular complexity index is 698. The average Bonchev–Trinajstić information content (AvgIpc) is 2.78. The Hall–Kier alpha value is -2.71. The van der Waals surface area contributed by atoms with E-state index in [1.54, 1.807) is 30.3 Å². The van der Waals surface area contributed by atoms with Gasteiger partial charge in [-0.2, -0.15) is 0 Å². The van der Waals surface area contributed by atoms with Crippen LogP contribution in [0.15, 0.2) is 18.5 Å². The van der Waals surface area contributed by atoms with E-state index in [1.165, 1.54) is 0 Å². The third-order valence-corrected chi connectivity index (χ3v) is 5.47. The van der Waals surface area contributed by atoms with Crippen molar-refractivity contribution >= 4 is 23.8 Å². The van der Waals surface area contributed by atoms with Crippen LogP contribution >= 0.6 is 0 Å². The van der Waals surface area contributed by atoms with Crippen LogP contribution in [0.5, 0.6) is 0 Å². The first-order valence-electron chi connectivity index (χ1n) is 10.2. The standard InChI is InChI=1S/C20H28N4O5/c1-2-28-18(26)15-4-10-23(11-5-15)17(25)14-29-19(27)16-6-12-24(13-7-16)20-21-8-3-9-22-20/h3,8-9,15-16H,2,4-7,10-14H2,1H3. The molecule has 0 aromatic carbocycles. The zero-order chi connectivity index (χ0) is 20.6. The highest BCUT2D eigenvalue weighted by Gasteiger charge is 2.30. The molecular weight excluding hydrogens is 376 g/mol. The minimum Gasteiger partial charge on any atom is -0.466 e. The molecule has 9 heteroatoms. The summed E-state index contributed by atoms with van der Waals surface area (Å²) in [5, 5.41) is 0. The number of aromatic nitrogens is 2. The van der Waals surface area contributed by atoms with Crippen LogP contribution in [0, 0.1) is 11.8 Å². The van der Waals surface area contributed by atoms with Crippen LogP contribution in [0.1, 0.15) is 32.6 Å². The fourth-order valence-electron chi connectivity index (χ4n) is 3.74. The molecule has 0 aliphatic carbocycles. The average molecular weight is 404 g/mol. The van der Waals surface area contributed by atoms with Gasteiger partial charge in [-0.1, -0.05) is 0 Å². The summed E-state index contributed by atoms with van der Waals surface area (Å²) >= 11 is 0. The lowest BCUT2D eigenvalue weighted by Crippen LogP contribution is -2.43. The molecule has 29 heavy (non-hydrogen) atoms. The molecule has 0 N–H and O–H groups in total. The summed E-state index contributed by atoms with van der Waals surface area (Å²) in [7, 11) is 0. The molecule has 2 fully saturated rings. The van der Waals surface area contributed by atoms with Crippen molar-refractivity contribution in [3.8, 4) is 0 Å². The van der Waals surface area contributed by atoms with E-state index in [4.69, 9.17) is 9.47 Å². The Balaban J connectivity index is 1.37. The highest BCUT2D eigenvalue weighted by atomic mass is 16.5. The van der Waals surface area contributed by atoms with Gasteiger partial charge in [-0.15, -0.1) is 0 Å². The predicted molar refractivity (Wildman–Crippen MR) is 104 cm³/mol. The van der Waals surface area contributed by atoms with Crippen molar-refractivity contribution in [1.29, 1.82) is 0 Å². The molecule has 2 aliphatic rings. The number of amides is 1. The van der Waals surface area contributed by atoms with Gasteiger partial charge in [0.2, 0.25) is 5.95 Å². The van der Waals surface area contributed by atoms with Gasteiger partial charge in [-0.05, 0) is 38.7 Å². The van der Waals surface area contributed by atoms with Crippen LogP contribution in [-0.2, 0) is 23.9 Å². The summed E-state index contributed by atoms with van der Waals surface area (Å²) in [5.41, 5.74) is 0. The maximum absolute atomic E-state index is 12.3. The molecule has 0 spiro atoms. The molecule has 0 unspecified atom stereocenters. The van der Waals surface area contributed by atoms with E-state index in [9.17, 15) is 14.4 Å². The number of piperidine rings is 2. The Morgan fingerprint density at radius 1 is 0.931 bits per heavy atom. The molecule has 0 atom stereocenters. The maximum atomic E-state index is 12.3. The van der Waals surface area contributed by atoms with Gasteiger partial charge in [0.1, 0.15) is 0 Å². The van der Waals surface area contributed by atoms with Gasteiger partial charge in [0.25, 0.3) is 5.91 Å². The summed E-state index contributed by atoms with van der Waals surface area (Å²) in [5.74, 6) is -0.430. The normalized spacial score (nSPS) is 18.4. The molecule has 2 saturated heterocycles. The number of rotatable bonds is 6. The van der Waals surface area contributed by atoms with Gasteiger partial charge in [0.05, 0.1) is 18.4 Å². The molecule has 3 heterocycles. The van der Waals surface area contributed by atoms with Crippen LogP contribution < -0.4 is 4.90 Å². The van der Waals surface area contributed by atoms with Crippen molar-refractivity contribution in [2.75, 3.05) is 44.3 Å². The number of esters is 2. The number of hydrogen-bond acceptors (Lipinski definition) is 8. The second kappa shape index (κ2) is 10.2. The van der Waals surface area contributed by atoms with E-state index in [2.05, 4.69) is 9.97 Å². The largest absolute Gasteiger partial charge is 0.466 e. The van der Waals surface area contributed by atoms with Gasteiger partial charge >= 0.3 is 11.9 Å². The molecule has 1 aromatic heterocycles. The molecule has 158 valence electrons. The van der Waals surface area contributed by atoms with Crippen LogP contribution in [0.25, 0.3) is 0 Å². The number of carbonyl (C=O) groups excluding carboxylic acids is 3. The van der Waals surface area contributed by atoms with Gasteiger partial charge in [0.15, 0.2) is 6.61 Å². The van der Waals surface area contributed by atoms with Crippen LogP contribution in [0.4, 0.5) is 5.95 Å². The fraction of sp³-hybridized carbons (Fsp3) is 0.650. The highest BCUT2D eigenvalue weighted by Crippen LogP contribution is 2.22. The lowest BCUT2D eigenvalue weighted by atomic mass is 9.97. The summed E-state index contributed by atoms with van der Waals surface area (Å²) in [6.45, 7) is 4.23. The Morgan fingerprint density at radius 2 is 1.48 bits per heavy atom. The summed E-state index contributed by atoms with van der Waals surface area (Å²) in [4.78, 5) is 48.6. The lowest BCUT2D eigenvalue weighted by Gasteiger charge is -2.32. The number of ether oxygens (including phenoxy) is 2. The summed E-state index contributed by atoms with van der Waals surface area (Å²) in [6.07, 6.45) is 5.86. The third-order valence-electron chi connectivity index (χ3n) is 5.47. The van der Waals surface area contributed by atoms with E-state index in [-0.39, 0.29) is 36.3 Å². The monoisotopic (exact) mass is 404 g/mol. The molecular formula is C20H28N4O5. The Morgan fingerprint density at radius 3 is 2.07 bits per heavy atom. The maximum Gasteiger partial charge on any atom is 0.309 e. The van der Waals surface area contributed by atoms with Crippen molar-refractivity contribution in [1.82, 2.24) is 14.9 Å². The number of anilines is 1. The van der Waals surface area contributed by atoms with Gasteiger partial charge in [0, 0.05) is 38.6 Å². The third kappa shape index (κ3) is 5.65. The number of nitrogens with zero attached hydrogens (tertiary/aromatic N) is 4. The van der Waals surface area contributed by atoms with Crippen molar-refractivity contribution in [3.05, 3.63) is 18.5 Å². The molecule has 2 aliphatic heterocycles. The van der Waals surface area contributed by atoms with E-state index in [0.717, 1.165) is 0 Å². The first kappa shape index (κ1) is 21.0. The lowest BCUT2D eigenvalue weighted by molar-refractivity contribution is -0.157. The highest BCUT2D eigenvalue weighted by molar-refractivity contribution is 5.82. The van der Waals surface area contributed by atoms with Crippen LogP contribution in [0.2, 0.25) is 0 Å². The number of likely N-dealkylation sites (tertiary alicyclic amines) is 1. The minimum absolute atomic E-state index is 0.152. The molecule has 9 nitrogen and oxygen atoms in total. The Kier molecular flexibility index (Phi) is 7.37. The first-order valence-corrected chi connectivity index (χ1v) is 10.2. The first-order chi connectivity index (χ1) is 14.1.